The quantitative estimate of drug-likeness (QED) is 0.645. The first-order valence-corrected chi connectivity index (χ1v) is 4.07. The molecule has 0 aromatic carbocycles. The van der Waals surface area contributed by atoms with Crippen molar-refractivity contribution in [2.75, 3.05) is 0 Å². The van der Waals surface area contributed by atoms with E-state index in [1.54, 1.807) is 0 Å². The van der Waals surface area contributed by atoms with Crippen molar-refractivity contribution in [3.05, 3.63) is 18.3 Å². The first-order chi connectivity index (χ1) is 6.29. The lowest BCUT2D eigenvalue weighted by molar-refractivity contribution is 0.817. The minimum Gasteiger partial charge on any atom is -0.239 e. The van der Waals surface area contributed by atoms with Crippen LogP contribution in [0.25, 0.3) is 11.2 Å². The molecule has 0 N–H and O–H groups in total. The third-order valence-corrected chi connectivity index (χ3v) is 1.77. The largest absolute Gasteiger partial charge is 0.239 e. The fraction of sp³-hybridized carbons (Fsp3) is 0.375. The van der Waals surface area contributed by atoms with Crippen molar-refractivity contribution < 1.29 is 0 Å². The third-order valence-electron chi connectivity index (χ3n) is 1.77. The van der Waals surface area contributed by atoms with E-state index in [0.717, 1.165) is 11.2 Å². The van der Waals surface area contributed by atoms with E-state index in [4.69, 9.17) is 0 Å². The van der Waals surface area contributed by atoms with E-state index in [1.165, 1.54) is 12.7 Å². The predicted octanol–water partition coefficient (Wildman–Crippen LogP) is 0.938. The predicted molar refractivity (Wildman–Crippen MR) is 47.0 cm³/mol. The van der Waals surface area contributed by atoms with Crippen LogP contribution in [-0.4, -0.2) is 25.1 Å². The molecule has 0 unspecified atom stereocenters. The van der Waals surface area contributed by atoms with Gasteiger partial charge in [-0.2, -0.15) is 0 Å². The minimum absolute atomic E-state index is 0.321. The Balaban J connectivity index is 2.76. The van der Waals surface area contributed by atoms with Gasteiger partial charge in [0, 0.05) is 0 Å². The van der Waals surface area contributed by atoms with Crippen LogP contribution in [0.4, 0.5) is 0 Å². The highest BCUT2D eigenvalue weighted by molar-refractivity contribution is 5.71. The van der Waals surface area contributed by atoms with Gasteiger partial charge in [-0.15, -0.1) is 10.2 Å². The lowest BCUT2D eigenvalue weighted by Gasteiger charge is -2.04. The molecule has 0 amide bonds. The minimum atomic E-state index is 0.321. The Morgan fingerprint density at radius 1 is 1.08 bits per heavy atom. The van der Waals surface area contributed by atoms with Crippen LogP contribution >= 0.6 is 0 Å². The fourth-order valence-electron chi connectivity index (χ4n) is 1.17. The molecule has 5 nitrogen and oxygen atoms in total. The molecule has 2 rings (SSSR count). The van der Waals surface area contributed by atoms with Gasteiger partial charge in [0.25, 0.3) is 0 Å². The van der Waals surface area contributed by atoms with Gasteiger partial charge in [-0.05, 0) is 5.92 Å². The van der Waals surface area contributed by atoms with E-state index in [1.807, 2.05) is 0 Å². The molecular weight excluding hydrogens is 166 g/mol. The lowest BCUT2D eigenvalue weighted by atomic mass is 10.1. The van der Waals surface area contributed by atoms with E-state index in [0.29, 0.717) is 11.6 Å². The van der Waals surface area contributed by atoms with E-state index in [-0.39, 0.29) is 0 Å². The van der Waals surface area contributed by atoms with Crippen LogP contribution in [0.2, 0.25) is 0 Å². The van der Waals surface area contributed by atoms with Crippen molar-refractivity contribution in [1.82, 2.24) is 25.1 Å². The van der Waals surface area contributed by atoms with Gasteiger partial charge in [-0.25, -0.2) is 15.0 Å². The van der Waals surface area contributed by atoms with Crippen LogP contribution in [0.3, 0.4) is 0 Å². The van der Waals surface area contributed by atoms with E-state index in [2.05, 4.69) is 39.0 Å². The van der Waals surface area contributed by atoms with Crippen molar-refractivity contribution in [1.29, 1.82) is 0 Å². The maximum Gasteiger partial charge on any atom is 0.203 e. The van der Waals surface area contributed by atoms with Gasteiger partial charge in [-0.3, -0.25) is 0 Å². The summed E-state index contributed by atoms with van der Waals surface area (Å²) >= 11 is 0. The third kappa shape index (κ3) is 1.32. The summed E-state index contributed by atoms with van der Waals surface area (Å²) in [7, 11) is 0. The zero-order valence-corrected chi connectivity index (χ0v) is 7.47. The second-order valence-corrected chi connectivity index (χ2v) is 3.05. The molecule has 0 radical (unpaired) electrons. The van der Waals surface area contributed by atoms with Gasteiger partial charge in [0.05, 0.1) is 5.69 Å². The molecule has 0 atom stereocenters. The molecule has 0 saturated heterocycles. The normalized spacial score (nSPS) is 11.0. The molecule has 2 heterocycles. The van der Waals surface area contributed by atoms with Gasteiger partial charge < -0.3 is 0 Å². The molecule has 2 aromatic rings. The highest BCUT2D eigenvalue weighted by atomic mass is 15.2. The van der Waals surface area contributed by atoms with Crippen LogP contribution in [0.5, 0.6) is 0 Å². The van der Waals surface area contributed by atoms with E-state index >= 15 is 0 Å². The second kappa shape index (κ2) is 3.01. The zero-order valence-electron chi connectivity index (χ0n) is 7.47. The Bertz CT molecular complexity index is 420. The number of hydrogen-bond acceptors (Lipinski definition) is 5. The van der Waals surface area contributed by atoms with Crippen molar-refractivity contribution in [2.24, 2.45) is 0 Å². The van der Waals surface area contributed by atoms with Gasteiger partial charge in [0.1, 0.15) is 18.2 Å². The zero-order chi connectivity index (χ0) is 9.26. The van der Waals surface area contributed by atoms with E-state index in [9.17, 15) is 0 Å². The summed E-state index contributed by atoms with van der Waals surface area (Å²) in [6, 6.07) is 0. The molecule has 66 valence electrons. The summed E-state index contributed by atoms with van der Waals surface area (Å²) < 4.78 is 0. The highest BCUT2D eigenvalue weighted by Gasteiger charge is 2.08. The van der Waals surface area contributed by atoms with Crippen LogP contribution in [-0.2, 0) is 0 Å². The van der Waals surface area contributed by atoms with Crippen molar-refractivity contribution in [3.8, 4) is 0 Å². The van der Waals surface area contributed by atoms with Gasteiger partial charge in [0.15, 0.2) is 0 Å². The first-order valence-electron chi connectivity index (χ1n) is 4.07. The molecule has 0 aliphatic rings. The number of hydrogen-bond donors (Lipinski definition) is 0. The van der Waals surface area contributed by atoms with Gasteiger partial charge in [0.2, 0.25) is 5.65 Å². The Hall–Kier alpha value is -1.65. The summed E-state index contributed by atoms with van der Waals surface area (Å²) in [5.41, 5.74) is 2.22. The number of aromatic nitrogens is 5. The second-order valence-electron chi connectivity index (χ2n) is 3.05. The first kappa shape index (κ1) is 7.97. The molecule has 0 saturated carbocycles. The molecule has 5 heteroatoms. The number of fused-ring (bicyclic) bond motifs is 1. The molecule has 0 bridgehead atoms. The summed E-state index contributed by atoms with van der Waals surface area (Å²) in [6.45, 7) is 4.12. The molecule has 0 spiro atoms. The topological polar surface area (TPSA) is 64.5 Å². The molecule has 0 aliphatic heterocycles. The maximum atomic E-state index is 4.16. The molecule has 2 aromatic heterocycles. The van der Waals surface area contributed by atoms with Crippen LogP contribution in [0.1, 0.15) is 25.5 Å². The molecule has 0 fully saturated rings. The number of rotatable bonds is 1. The van der Waals surface area contributed by atoms with Crippen LogP contribution < -0.4 is 0 Å². The Morgan fingerprint density at radius 2 is 1.92 bits per heavy atom. The average Bonchev–Trinajstić information content (AvgIpc) is 2.17. The van der Waals surface area contributed by atoms with Gasteiger partial charge >= 0.3 is 0 Å². The standard InChI is InChI=1S/C8H9N5/c1-5(2)6-7-8(11-3-9-6)13-12-4-10-7/h3-5H,1-2H3. The fourth-order valence-corrected chi connectivity index (χ4v) is 1.17. The summed E-state index contributed by atoms with van der Waals surface area (Å²) in [5.74, 6) is 0.321. The lowest BCUT2D eigenvalue weighted by Crippen LogP contribution is -1.99. The van der Waals surface area contributed by atoms with Crippen molar-refractivity contribution >= 4 is 11.2 Å². The Kier molecular flexibility index (Phi) is 1.84. The van der Waals surface area contributed by atoms with E-state index < -0.39 is 0 Å². The summed E-state index contributed by atoms with van der Waals surface area (Å²) in [6.07, 6.45) is 2.91. The monoisotopic (exact) mass is 175 g/mol. The SMILES string of the molecule is CC(C)c1ncnc2nncnc12. The molecular formula is C8H9N5. The summed E-state index contributed by atoms with van der Waals surface area (Å²) in [5, 5.41) is 7.52. The van der Waals surface area contributed by atoms with Crippen molar-refractivity contribution in [2.45, 2.75) is 19.8 Å². The van der Waals surface area contributed by atoms with Crippen LogP contribution in [0, 0.1) is 0 Å². The smallest absolute Gasteiger partial charge is 0.203 e. The Labute approximate surface area is 75.3 Å². The molecule has 0 aliphatic carbocycles. The maximum absolute atomic E-state index is 4.16. The van der Waals surface area contributed by atoms with Crippen LogP contribution in [0.15, 0.2) is 12.7 Å². The Morgan fingerprint density at radius 3 is 2.69 bits per heavy atom. The highest BCUT2D eigenvalue weighted by Crippen LogP contribution is 2.16. The average molecular weight is 175 g/mol. The van der Waals surface area contributed by atoms with Gasteiger partial charge in [-0.1, -0.05) is 13.8 Å². The van der Waals surface area contributed by atoms with Crippen molar-refractivity contribution in [3.63, 3.8) is 0 Å². The summed E-state index contributed by atoms with van der Waals surface area (Å²) in [4.78, 5) is 12.2. The molecule has 13 heavy (non-hydrogen) atoms. The number of nitrogens with zero attached hydrogens (tertiary/aromatic N) is 5.